The summed E-state index contributed by atoms with van der Waals surface area (Å²) in [5, 5.41) is 9.41. The Morgan fingerprint density at radius 3 is 2.35 bits per heavy atom. The molecule has 110 valence electrons. The molecule has 0 spiro atoms. The van der Waals surface area contributed by atoms with Gasteiger partial charge in [-0.25, -0.2) is 9.59 Å². The molecule has 0 aliphatic rings. The molecule has 0 fully saturated rings. The summed E-state index contributed by atoms with van der Waals surface area (Å²) in [7, 11) is 0. The quantitative estimate of drug-likeness (QED) is 0.612. The third-order valence-corrected chi connectivity index (χ3v) is 3.31. The lowest BCUT2D eigenvalue weighted by molar-refractivity contribution is 0.0489. The number of rotatable bonds is 7. The molecule has 0 bridgehead atoms. The minimum Gasteiger partial charge on any atom is -0.478 e. The summed E-state index contributed by atoms with van der Waals surface area (Å²) in [6.07, 6.45) is 3.03. The van der Waals surface area contributed by atoms with Gasteiger partial charge in [0, 0.05) is 0 Å². The van der Waals surface area contributed by atoms with E-state index in [2.05, 4.69) is 0 Å². The van der Waals surface area contributed by atoms with E-state index < -0.39 is 11.9 Å². The third-order valence-electron chi connectivity index (χ3n) is 3.31. The fourth-order valence-corrected chi connectivity index (χ4v) is 2.23. The first-order valence-corrected chi connectivity index (χ1v) is 7.11. The van der Waals surface area contributed by atoms with Crippen LogP contribution in [-0.2, 0) is 17.6 Å². The van der Waals surface area contributed by atoms with E-state index in [1.54, 1.807) is 6.07 Å². The van der Waals surface area contributed by atoms with Crippen molar-refractivity contribution >= 4 is 11.9 Å². The molecule has 0 aromatic heterocycles. The summed E-state index contributed by atoms with van der Waals surface area (Å²) in [5.74, 6) is -1.62. The molecule has 0 atom stereocenters. The van der Waals surface area contributed by atoms with E-state index in [1.807, 2.05) is 26.8 Å². The number of ether oxygens (including phenoxy) is 1. The highest BCUT2D eigenvalue weighted by Crippen LogP contribution is 2.22. The molecule has 20 heavy (non-hydrogen) atoms. The molecule has 0 saturated carbocycles. The summed E-state index contributed by atoms with van der Waals surface area (Å²) in [5.41, 5.74) is 1.94. The average Bonchev–Trinajstić information content (AvgIpc) is 2.45. The zero-order valence-corrected chi connectivity index (χ0v) is 12.4. The fraction of sp³-hybridized carbons (Fsp3) is 0.500. The van der Waals surface area contributed by atoms with Gasteiger partial charge in [0.2, 0.25) is 0 Å². The van der Waals surface area contributed by atoms with Crippen molar-refractivity contribution in [2.45, 2.75) is 46.5 Å². The molecule has 1 aromatic rings. The van der Waals surface area contributed by atoms with Gasteiger partial charge >= 0.3 is 11.9 Å². The number of carbonyl (C=O) groups excluding carboxylic acids is 1. The first-order chi connectivity index (χ1) is 9.56. The number of hydrogen-bond acceptors (Lipinski definition) is 3. The monoisotopic (exact) mass is 278 g/mol. The van der Waals surface area contributed by atoms with Crippen molar-refractivity contribution in [2.75, 3.05) is 6.61 Å². The van der Waals surface area contributed by atoms with Crippen LogP contribution in [0.25, 0.3) is 0 Å². The molecule has 0 heterocycles. The van der Waals surface area contributed by atoms with E-state index in [4.69, 9.17) is 4.74 Å². The summed E-state index contributed by atoms with van der Waals surface area (Å²) < 4.78 is 5.13. The Bertz CT molecular complexity index is 491. The number of benzene rings is 1. The molecule has 4 nitrogen and oxygen atoms in total. The lowest BCUT2D eigenvalue weighted by Crippen LogP contribution is -2.16. The fourth-order valence-electron chi connectivity index (χ4n) is 2.23. The van der Waals surface area contributed by atoms with Crippen LogP contribution in [0.1, 0.15) is 65.5 Å². The van der Waals surface area contributed by atoms with Crippen LogP contribution < -0.4 is 0 Å². The number of hydrogen-bond donors (Lipinski definition) is 1. The van der Waals surface area contributed by atoms with Crippen LogP contribution in [0.5, 0.6) is 0 Å². The van der Waals surface area contributed by atoms with E-state index in [-0.39, 0.29) is 11.1 Å². The highest BCUT2D eigenvalue weighted by molar-refractivity contribution is 6.03. The highest BCUT2D eigenvalue weighted by atomic mass is 16.5. The van der Waals surface area contributed by atoms with E-state index in [0.29, 0.717) is 13.0 Å². The molecule has 0 aliphatic heterocycles. The van der Waals surface area contributed by atoms with Crippen LogP contribution in [0, 0.1) is 0 Å². The normalized spacial score (nSPS) is 10.3. The standard InChI is InChI=1S/C16H22O4/c1-4-7-10-20-16(19)13-9-8-11(5-2)12(6-3)14(13)15(17)18/h8-9H,4-7,10H2,1-3H3,(H,17,18). The zero-order chi connectivity index (χ0) is 15.1. The van der Waals surface area contributed by atoms with Crippen LogP contribution in [0.4, 0.5) is 0 Å². The van der Waals surface area contributed by atoms with Crippen molar-refractivity contribution in [1.82, 2.24) is 0 Å². The Morgan fingerprint density at radius 1 is 1.15 bits per heavy atom. The number of carboxylic acids is 1. The maximum atomic E-state index is 12.0. The van der Waals surface area contributed by atoms with E-state index in [9.17, 15) is 14.7 Å². The van der Waals surface area contributed by atoms with Crippen molar-refractivity contribution < 1.29 is 19.4 Å². The van der Waals surface area contributed by atoms with Crippen molar-refractivity contribution in [2.24, 2.45) is 0 Å². The molecule has 0 aliphatic carbocycles. The molecule has 0 unspecified atom stereocenters. The SMILES string of the molecule is CCCCOC(=O)c1ccc(CC)c(CC)c1C(=O)O. The van der Waals surface area contributed by atoms with Crippen LogP contribution in [0.15, 0.2) is 12.1 Å². The molecule has 1 N–H and O–H groups in total. The van der Waals surface area contributed by atoms with Crippen LogP contribution in [0.2, 0.25) is 0 Å². The number of aromatic carboxylic acids is 1. The Labute approximate surface area is 119 Å². The second-order valence-corrected chi connectivity index (χ2v) is 4.63. The van der Waals surface area contributed by atoms with Gasteiger partial charge in [-0.3, -0.25) is 0 Å². The lowest BCUT2D eigenvalue weighted by atomic mass is 9.93. The Kier molecular flexibility index (Phi) is 6.22. The van der Waals surface area contributed by atoms with Crippen molar-refractivity contribution in [3.63, 3.8) is 0 Å². The second-order valence-electron chi connectivity index (χ2n) is 4.63. The summed E-state index contributed by atoms with van der Waals surface area (Å²) in [6.45, 7) is 6.19. The molecule has 1 aromatic carbocycles. The van der Waals surface area contributed by atoms with Crippen molar-refractivity contribution in [1.29, 1.82) is 0 Å². The van der Waals surface area contributed by atoms with Gasteiger partial charge in [0.05, 0.1) is 17.7 Å². The van der Waals surface area contributed by atoms with Gasteiger partial charge in [0.25, 0.3) is 0 Å². The summed E-state index contributed by atoms with van der Waals surface area (Å²) >= 11 is 0. The largest absolute Gasteiger partial charge is 0.478 e. The Balaban J connectivity index is 3.19. The minimum atomic E-state index is -1.07. The van der Waals surface area contributed by atoms with Gasteiger partial charge in [-0.15, -0.1) is 0 Å². The number of carbonyl (C=O) groups is 2. The van der Waals surface area contributed by atoms with Crippen molar-refractivity contribution in [3.8, 4) is 0 Å². The second kappa shape index (κ2) is 7.68. The number of esters is 1. The molecular formula is C16H22O4. The lowest BCUT2D eigenvalue weighted by Gasteiger charge is -2.14. The predicted octanol–water partition coefficient (Wildman–Crippen LogP) is 3.47. The van der Waals surface area contributed by atoms with Gasteiger partial charge in [-0.05, 0) is 36.5 Å². The third kappa shape index (κ3) is 3.59. The molecule has 0 saturated heterocycles. The molecular weight excluding hydrogens is 256 g/mol. The molecule has 0 amide bonds. The number of carboxylic acid groups (broad SMARTS) is 1. The highest BCUT2D eigenvalue weighted by Gasteiger charge is 2.22. The van der Waals surface area contributed by atoms with Gasteiger partial charge < -0.3 is 9.84 Å². The minimum absolute atomic E-state index is 0.0911. The van der Waals surface area contributed by atoms with E-state index >= 15 is 0 Å². The first kappa shape index (κ1) is 16.2. The van der Waals surface area contributed by atoms with Gasteiger partial charge in [-0.2, -0.15) is 0 Å². The Hall–Kier alpha value is -1.84. The van der Waals surface area contributed by atoms with Crippen LogP contribution in [-0.4, -0.2) is 23.7 Å². The molecule has 1 rings (SSSR count). The first-order valence-electron chi connectivity index (χ1n) is 7.11. The summed E-state index contributed by atoms with van der Waals surface area (Å²) in [6, 6.07) is 3.39. The smallest absolute Gasteiger partial charge is 0.339 e. The maximum absolute atomic E-state index is 12.0. The maximum Gasteiger partial charge on any atom is 0.339 e. The molecule has 0 radical (unpaired) electrons. The van der Waals surface area contributed by atoms with Crippen molar-refractivity contribution in [3.05, 3.63) is 34.4 Å². The van der Waals surface area contributed by atoms with Gasteiger partial charge in [0.15, 0.2) is 0 Å². The number of unbranched alkanes of at least 4 members (excludes halogenated alkanes) is 1. The van der Waals surface area contributed by atoms with Gasteiger partial charge in [0.1, 0.15) is 0 Å². The number of aryl methyl sites for hydroxylation is 1. The van der Waals surface area contributed by atoms with E-state index in [1.165, 1.54) is 0 Å². The predicted molar refractivity (Wildman–Crippen MR) is 77.3 cm³/mol. The van der Waals surface area contributed by atoms with Crippen LogP contribution in [0.3, 0.4) is 0 Å². The van der Waals surface area contributed by atoms with Gasteiger partial charge in [-0.1, -0.05) is 33.3 Å². The molecule has 4 heteroatoms. The summed E-state index contributed by atoms with van der Waals surface area (Å²) in [4.78, 5) is 23.5. The van der Waals surface area contributed by atoms with E-state index in [0.717, 1.165) is 30.4 Å². The average molecular weight is 278 g/mol. The topological polar surface area (TPSA) is 63.6 Å². The van der Waals surface area contributed by atoms with Crippen LogP contribution >= 0.6 is 0 Å². The zero-order valence-electron chi connectivity index (χ0n) is 12.4. The Morgan fingerprint density at radius 2 is 1.85 bits per heavy atom.